The van der Waals surface area contributed by atoms with Gasteiger partial charge in [0.2, 0.25) is 5.91 Å². The molecule has 0 aliphatic carbocycles. The lowest BCUT2D eigenvalue weighted by Crippen LogP contribution is -2.40. The SMILES string of the molecule is C=CCN(Cc1cccs1)C(=O)CCCN1C(=O)NC(C)(C)C1=O. The molecule has 1 aromatic rings. The Balaban J connectivity index is 1.86. The van der Waals surface area contributed by atoms with Crippen molar-refractivity contribution in [3.05, 3.63) is 35.0 Å². The van der Waals surface area contributed by atoms with E-state index < -0.39 is 5.54 Å². The van der Waals surface area contributed by atoms with Crippen molar-refractivity contribution in [3.8, 4) is 0 Å². The number of nitrogens with zero attached hydrogens (tertiary/aromatic N) is 2. The minimum Gasteiger partial charge on any atom is -0.334 e. The van der Waals surface area contributed by atoms with Gasteiger partial charge in [0, 0.05) is 24.4 Å². The quantitative estimate of drug-likeness (QED) is 0.579. The van der Waals surface area contributed by atoms with E-state index in [1.165, 1.54) is 4.90 Å². The average Bonchev–Trinajstić information content (AvgIpc) is 3.08. The van der Waals surface area contributed by atoms with E-state index in [-0.39, 0.29) is 30.8 Å². The Labute approximate surface area is 146 Å². The first-order valence-corrected chi connectivity index (χ1v) is 8.78. The lowest BCUT2D eigenvalue weighted by atomic mass is 10.1. The molecule has 0 radical (unpaired) electrons. The van der Waals surface area contributed by atoms with Crippen molar-refractivity contribution in [2.45, 2.75) is 38.8 Å². The predicted molar refractivity (Wildman–Crippen MR) is 93.5 cm³/mol. The van der Waals surface area contributed by atoms with Crippen LogP contribution in [-0.2, 0) is 16.1 Å². The van der Waals surface area contributed by atoms with E-state index in [0.29, 0.717) is 19.5 Å². The maximum atomic E-state index is 12.4. The van der Waals surface area contributed by atoms with Gasteiger partial charge < -0.3 is 10.2 Å². The van der Waals surface area contributed by atoms with Crippen LogP contribution in [0.25, 0.3) is 0 Å². The second-order valence-electron chi connectivity index (χ2n) is 6.26. The van der Waals surface area contributed by atoms with Gasteiger partial charge in [-0.2, -0.15) is 0 Å². The monoisotopic (exact) mass is 349 g/mol. The van der Waals surface area contributed by atoms with Crippen LogP contribution in [0.1, 0.15) is 31.6 Å². The predicted octanol–water partition coefficient (Wildman–Crippen LogP) is 2.37. The van der Waals surface area contributed by atoms with Crippen LogP contribution in [0.15, 0.2) is 30.2 Å². The maximum Gasteiger partial charge on any atom is 0.325 e. The lowest BCUT2D eigenvalue weighted by Gasteiger charge is -2.21. The molecule has 0 atom stereocenters. The van der Waals surface area contributed by atoms with Gasteiger partial charge in [0.25, 0.3) is 5.91 Å². The lowest BCUT2D eigenvalue weighted by molar-refractivity contribution is -0.133. The van der Waals surface area contributed by atoms with Gasteiger partial charge in [0.15, 0.2) is 0 Å². The molecule has 2 heterocycles. The second kappa shape index (κ2) is 7.61. The summed E-state index contributed by atoms with van der Waals surface area (Å²) < 4.78 is 0. The Bertz CT molecular complexity index is 625. The van der Waals surface area contributed by atoms with Crippen molar-refractivity contribution < 1.29 is 14.4 Å². The fraction of sp³-hybridized carbons (Fsp3) is 0.471. The number of hydrogen-bond acceptors (Lipinski definition) is 4. The number of rotatable bonds is 8. The summed E-state index contributed by atoms with van der Waals surface area (Å²) in [6.07, 6.45) is 2.44. The molecule has 130 valence electrons. The van der Waals surface area contributed by atoms with Crippen molar-refractivity contribution in [1.82, 2.24) is 15.1 Å². The highest BCUT2D eigenvalue weighted by Crippen LogP contribution is 2.18. The minimum atomic E-state index is -0.866. The van der Waals surface area contributed by atoms with Gasteiger partial charge in [-0.15, -0.1) is 17.9 Å². The molecule has 6 nitrogen and oxygen atoms in total. The van der Waals surface area contributed by atoms with Crippen LogP contribution >= 0.6 is 11.3 Å². The second-order valence-corrected chi connectivity index (χ2v) is 7.29. The maximum absolute atomic E-state index is 12.4. The normalized spacial score (nSPS) is 16.2. The van der Waals surface area contributed by atoms with E-state index >= 15 is 0 Å². The topological polar surface area (TPSA) is 69.7 Å². The molecule has 4 amide bonds. The van der Waals surface area contributed by atoms with Crippen LogP contribution in [-0.4, -0.2) is 46.3 Å². The minimum absolute atomic E-state index is 0.00499. The van der Waals surface area contributed by atoms with Crippen LogP contribution in [0.4, 0.5) is 4.79 Å². The number of urea groups is 1. The number of carbonyl (C=O) groups is 3. The molecule has 0 unspecified atom stereocenters. The molecular formula is C17H23N3O3S. The molecule has 0 aromatic carbocycles. The Morgan fingerprint density at radius 2 is 2.21 bits per heavy atom. The molecule has 1 aliphatic rings. The fourth-order valence-electron chi connectivity index (χ4n) is 2.57. The molecule has 1 fully saturated rings. The molecule has 1 aromatic heterocycles. The first-order valence-electron chi connectivity index (χ1n) is 7.90. The summed E-state index contributed by atoms with van der Waals surface area (Å²) in [5.74, 6) is -0.254. The number of carbonyl (C=O) groups excluding carboxylic acids is 3. The third kappa shape index (κ3) is 4.23. The molecule has 0 bridgehead atoms. The van der Waals surface area contributed by atoms with Gasteiger partial charge in [-0.25, -0.2) is 4.79 Å². The summed E-state index contributed by atoms with van der Waals surface area (Å²) in [7, 11) is 0. The highest BCUT2D eigenvalue weighted by Gasteiger charge is 2.43. The molecule has 7 heteroatoms. The zero-order valence-electron chi connectivity index (χ0n) is 14.1. The number of imide groups is 1. The third-order valence-corrected chi connectivity index (χ3v) is 4.71. The summed E-state index contributed by atoms with van der Waals surface area (Å²) in [4.78, 5) is 40.3. The van der Waals surface area contributed by atoms with Gasteiger partial charge in [-0.1, -0.05) is 12.1 Å². The molecule has 1 saturated heterocycles. The van der Waals surface area contributed by atoms with Gasteiger partial charge in [-0.05, 0) is 31.7 Å². The van der Waals surface area contributed by atoms with Gasteiger partial charge >= 0.3 is 6.03 Å². The van der Waals surface area contributed by atoms with Gasteiger partial charge in [0.05, 0.1) is 6.54 Å². The number of amides is 4. The largest absolute Gasteiger partial charge is 0.334 e. The van der Waals surface area contributed by atoms with E-state index in [2.05, 4.69) is 11.9 Å². The first kappa shape index (κ1) is 18.2. The zero-order chi connectivity index (χ0) is 17.7. The summed E-state index contributed by atoms with van der Waals surface area (Å²) in [5.41, 5.74) is -0.866. The van der Waals surface area contributed by atoms with Gasteiger partial charge in [0.1, 0.15) is 5.54 Å². The molecule has 1 aliphatic heterocycles. The summed E-state index contributed by atoms with van der Waals surface area (Å²) in [6.45, 7) is 8.32. The molecule has 2 rings (SSSR count). The van der Waals surface area contributed by atoms with Crippen molar-refractivity contribution in [1.29, 1.82) is 0 Å². The summed E-state index contributed by atoms with van der Waals surface area (Å²) in [5, 5.41) is 4.61. The van der Waals surface area contributed by atoms with E-state index in [1.807, 2.05) is 17.5 Å². The third-order valence-electron chi connectivity index (χ3n) is 3.85. The summed E-state index contributed by atoms with van der Waals surface area (Å²) >= 11 is 1.61. The number of thiophene rings is 1. The van der Waals surface area contributed by atoms with Crippen LogP contribution in [0.5, 0.6) is 0 Å². The number of nitrogens with one attached hydrogen (secondary N) is 1. The van der Waals surface area contributed by atoms with E-state index in [9.17, 15) is 14.4 Å². The highest BCUT2D eigenvalue weighted by atomic mass is 32.1. The van der Waals surface area contributed by atoms with Gasteiger partial charge in [-0.3, -0.25) is 14.5 Å². The van der Waals surface area contributed by atoms with Crippen molar-refractivity contribution >= 4 is 29.2 Å². The molecule has 0 spiro atoms. The van der Waals surface area contributed by atoms with E-state index in [1.54, 1.807) is 36.2 Å². The van der Waals surface area contributed by atoms with Crippen LogP contribution in [0.2, 0.25) is 0 Å². The van der Waals surface area contributed by atoms with Crippen molar-refractivity contribution in [3.63, 3.8) is 0 Å². The average molecular weight is 349 g/mol. The van der Waals surface area contributed by atoms with Crippen LogP contribution in [0.3, 0.4) is 0 Å². The van der Waals surface area contributed by atoms with Crippen molar-refractivity contribution in [2.75, 3.05) is 13.1 Å². The van der Waals surface area contributed by atoms with E-state index in [4.69, 9.17) is 0 Å². The molecule has 24 heavy (non-hydrogen) atoms. The van der Waals surface area contributed by atoms with Crippen LogP contribution < -0.4 is 5.32 Å². The Kier molecular flexibility index (Phi) is 5.77. The molecule has 0 saturated carbocycles. The Morgan fingerprint density at radius 3 is 2.75 bits per heavy atom. The Morgan fingerprint density at radius 1 is 1.46 bits per heavy atom. The molecular weight excluding hydrogens is 326 g/mol. The highest BCUT2D eigenvalue weighted by molar-refractivity contribution is 7.09. The van der Waals surface area contributed by atoms with Crippen molar-refractivity contribution in [2.24, 2.45) is 0 Å². The molecule has 1 N–H and O–H groups in total. The Hall–Kier alpha value is -2.15. The first-order chi connectivity index (χ1) is 11.3. The zero-order valence-corrected chi connectivity index (χ0v) is 14.9. The number of hydrogen-bond donors (Lipinski definition) is 1. The standard InChI is InChI=1S/C17H23N3O3S/c1-4-9-19(12-13-7-6-11-24-13)14(21)8-5-10-20-15(22)17(2,3)18-16(20)23/h4,6-7,11H,1,5,8-10,12H2,2-3H3,(H,18,23). The van der Waals surface area contributed by atoms with E-state index in [0.717, 1.165) is 4.88 Å². The van der Waals surface area contributed by atoms with Crippen LogP contribution in [0, 0.1) is 0 Å². The fourth-order valence-corrected chi connectivity index (χ4v) is 3.29. The smallest absolute Gasteiger partial charge is 0.325 e. The summed E-state index contributed by atoms with van der Waals surface area (Å²) in [6, 6.07) is 3.55.